The molecule has 8 heteroatoms. The third-order valence-electron chi connectivity index (χ3n) is 2.64. The summed E-state index contributed by atoms with van der Waals surface area (Å²) in [5, 5.41) is 28.4. The summed E-state index contributed by atoms with van der Waals surface area (Å²) >= 11 is 0. The molecular weight excluding hydrogens is 281 g/mol. The maximum Gasteiger partial charge on any atom is 0.419 e. The maximum atomic E-state index is 12.6. The minimum absolute atomic E-state index is 0.272. The van der Waals surface area contributed by atoms with Gasteiger partial charge in [-0.25, -0.2) is 0 Å². The molecular formula is C12H13F3O5. The van der Waals surface area contributed by atoms with Crippen LogP contribution in [-0.4, -0.2) is 34.5 Å². The van der Waals surface area contributed by atoms with Crippen LogP contribution in [0.4, 0.5) is 13.2 Å². The van der Waals surface area contributed by atoms with Crippen LogP contribution >= 0.6 is 0 Å². The first-order chi connectivity index (χ1) is 9.16. The molecule has 5 nitrogen and oxygen atoms in total. The molecule has 2 unspecified atom stereocenters. The zero-order valence-electron chi connectivity index (χ0n) is 10.4. The van der Waals surface area contributed by atoms with E-state index in [4.69, 9.17) is 5.11 Å². The van der Waals surface area contributed by atoms with Crippen LogP contribution in [-0.2, 0) is 15.7 Å². The van der Waals surface area contributed by atoms with Crippen molar-refractivity contribution in [2.45, 2.75) is 24.8 Å². The molecule has 0 saturated carbocycles. The van der Waals surface area contributed by atoms with Crippen LogP contribution in [0, 0.1) is 0 Å². The Morgan fingerprint density at radius 1 is 1.35 bits per heavy atom. The van der Waals surface area contributed by atoms with E-state index in [9.17, 15) is 28.2 Å². The van der Waals surface area contributed by atoms with Crippen molar-refractivity contribution in [1.82, 2.24) is 0 Å². The van der Waals surface area contributed by atoms with Crippen molar-refractivity contribution in [2.24, 2.45) is 0 Å². The first kappa shape index (κ1) is 16.3. The van der Waals surface area contributed by atoms with E-state index in [2.05, 4.69) is 4.74 Å². The number of hydrogen-bond acceptors (Lipinski definition) is 5. The highest BCUT2D eigenvalue weighted by atomic mass is 19.4. The Hall–Kier alpha value is -1.80. The number of benzene rings is 1. The summed E-state index contributed by atoms with van der Waals surface area (Å²) in [6, 6.07) is 2.29. The van der Waals surface area contributed by atoms with Gasteiger partial charge in [-0.15, -0.1) is 0 Å². The number of aromatic hydroxyl groups is 1. The average molecular weight is 294 g/mol. The number of carbonyl (C=O) groups is 1. The van der Waals surface area contributed by atoms with Crippen LogP contribution < -0.4 is 0 Å². The van der Waals surface area contributed by atoms with Gasteiger partial charge < -0.3 is 20.1 Å². The molecule has 0 saturated heterocycles. The van der Waals surface area contributed by atoms with E-state index in [0.717, 1.165) is 19.2 Å². The number of aliphatic hydroxyl groups is 2. The quantitative estimate of drug-likeness (QED) is 0.730. The van der Waals surface area contributed by atoms with E-state index in [1.54, 1.807) is 0 Å². The summed E-state index contributed by atoms with van der Waals surface area (Å²) in [6.07, 6.45) is -8.70. The van der Waals surface area contributed by atoms with Gasteiger partial charge in [-0.05, 0) is 17.7 Å². The molecule has 20 heavy (non-hydrogen) atoms. The first-order valence-corrected chi connectivity index (χ1v) is 5.50. The zero-order chi connectivity index (χ0) is 15.5. The highest BCUT2D eigenvalue weighted by Gasteiger charge is 2.35. The molecule has 0 amide bonds. The van der Waals surface area contributed by atoms with E-state index in [1.807, 2.05) is 0 Å². The SMILES string of the molecule is COC(=O)CC(O)C(O)c1ccc(O)c(C(F)(F)F)c1. The van der Waals surface area contributed by atoms with Gasteiger partial charge in [0.15, 0.2) is 0 Å². The van der Waals surface area contributed by atoms with Crippen molar-refractivity contribution in [3.8, 4) is 5.75 Å². The van der Waals surface area contributed by atoms with Crippen molar-refractivity contribution in [3.05, 3.63) is 29.3 Å². The lowest BCUT2D eigenvalue weighted by Crippen LogP contribution is -2.23. The maximum absolute atomic E-state index is 12.6. The molecule has 0 heterocycles. The van der Waals surface area contributed by atoms with Crippen LogP contribution in [0.3, 0.4) is 0 Å². The lowest BCUT2D eigenvalue weighted by atomic mass is 9.99. The molecule has 0 bridgehead atoms. The second kappa shape index (κ2) is 6.10. The summed E-state index contributed by atoms with van der Waals surface area (Å²) < 4.78 is 42.0. The Morgan fingerprint density at radius 2 is 1.95 bits per heavy atom. The molecule has 1 aromatic carbocycles. The van der Waals surface area contributed by atoms with Crippen LogP contribution in [0.5, 0.6) is 5.75 Å². The number of hydrogen-bond donors (Lipinski definition) is 3. The fourth-order valence-electron chi connectivity index (χ4n) is 1.55. The molecule has 0 radical (unpaired) electrons. The van der Waals surface area contributed by atoms with Gasteiger partial charge in [0.05, 0.1) is 25.2 Å². The minimum Gasteiger partial charge on any atom is -0.507 e. The minimum atomic E-state index is -4.80. The lowest BCUT2D eigenvalue weighted by molar-refractivity contribution is -0.145. The van der Waals surface area contributed by atoms with Gasteiger partial charge in [0, 0.05) is 0 Å². The molecule has 1 rings (SSSR count). The number of carbonyl (C=O) groups excluding carboxylic acids is 1. The normalized spacial score (nSPS) is 14.7. The van der Waals surface area contributed by atoms with Crippen molar-refractivity contribution in [2.75, 3.05) is 7.11 Å². The molecule has 0 aliphatic carbocycles. The molecule has 2 atom stereocenters. The Labute approximate surface area is 112 Å². The highest BCUT2D eigenvalue weighted by Crippen LogP contribution is 2.37. The third kappa shape index (κ3) is 3.84. The van der Waals surface area contributed by atoms with Crippen LogP contribution in [0.2, 0.25) is 0 Å². The number of methoxy groups -OCH3 is 1. The molecule has 1 aromatic rings. The molecule has 0 spiro atoms. The Morgan fingerprint density at radius 3 is 2.45 bits per heavy atom. The number of halogens is 3. The molecule has 112 valence electrons. The van der Waals surface area contributed by atoms with E-state index >= 15 is 0 Å². The van der Waals surface area contributed by atoms with Crippen LogP contribution in [0.25, 0.3) is 0 Å². The summed E-state index contributed by atoms with van der Waals surface area (Å²) in [5.41, 5.74) is -1.61. The molecule has 0 aromatic heterocycles. The largest absolute Gasteiger partial charge is 0.507 e. The smallest absolute Gasteiger partial charge is 0.419 e. The summed E-state index contributed by atoms with van der Waals surface area (Å²) in [6.45, 7) is 0. The van der Waals surface area contributed by atoms with E-state index < -0.39 is 42.1 Å². The molecule has 0 aliphatic heterocycles. The van der Waals surface area contributed by atoms with Crippen molar-refractivity contribution in [3.63, 3.8) is 0 Å². The first-order valence-electron chi connectivity index (χ1n) is 5.50. The van der Waals surface area contributed by atoms with Gasteiger partial charge >= 0.3 is 12.1 Å². The van der Waals surface area contributed by atoms with Gasteiger partial charge in [-0.3, -0.25) is 4.79 Å². The van der Waals surface area contributed by atoms with Crippen molar-refractivity contribution < 1.29 is 38.0 Å². The van der Waals surface area contributed by atoms with Gasteiger partial charge in [0.2, 0.25) is 0 Å². The summed E-state index contributed by atoms with van der Waals surface area (Å²) in [7, 11) is 1.07. The summed E-state index contributed by atoms with van der Waals surface area (Å²) in [4.78, 5) is 10.9. The number of phenols is 1. The highest BCUT2D eigenvalue weighted by molar-refractivity contribution is 5.69. The van der Waals surface area contributed by atoms with Crippen LogP contribution in [0.1, 0.15) is 23.7 Å². The second-order valence-electron chi connectivity index (χ2n) is 4.07. The van der Waals surface area contributed by atoms with E-state index in [-0.39, 0.29) is 5.56 Å². The number of esters is 1. The molecule has 0 aliphatic rings. The molecule has 3 N–H and O–H groups in total. The number of phenolic OH excluding ortho intramolecular Hbond substituents is 1. The number of aliphatic hydroxyl groups excluding tert-OH is 2. The second-order valence-corrected chi connectivity index (χ2v) is 4.07. The Bertz CT molecular complexity index is 486. The molecule has 0 fully saturated rings. The van der Waals surface area contributed by atoms with E-state index in [1.165, 1.54) is 0 Å². The van der Waals surface area contributed by atoms with Gasteiger partial charge in [-0.1, -0.05) is 6.07 Å². The van der Waals surface area contributed by atoms with E-state index in [0.29, 0.717) is 6.07 Å². The number of ether oxygens (including phenoxy) is 1. The monoisotopic (exact) mass is 294 g/mol. The third-order valence-corrected chi connectivity index (χ3v) is 2.64. The van der Waals surface area contributed by atoms with Crippen LogP contribution in [0.15, 0.2) is 18.2 Å². The summed E-state index contributed by atoms with van der Waals surface area (Å²) in [5.74, 6) is -1.80. The topological polar surface area (TPSA) is 87.0 Å². The predicted octanol–water partition coefficient (Wildman–Crippen LogP) is 1.37. The number of rotatable bonds is 4. The zero-order valence-corrected chi connectivity index (χ0v) is 10.4. The fraction of sp³-hybridized carbons (Fsp3) is 0.417. The standard InChI is InChI=1S/C12H13F3O5/c1-20-10(18)5-9(17)11(19)6-2-3-8(16)7(4-6)12(13,14)15/h2-4,9,11,16-17,19H,5H2,1H3. The lowest BCUT2D eigenvalue weighted by Gasteiger charge is -2.19. The van der Waals surface area contributed by atoms with Crippen molar-refractivity contribution >= 4 is 5.97 Å². The van der Waals surface area contributed by atoms with Gasteiger partial charge in [0.1, 0.15) is 11.9 Å². The van der Waals surface area contributed by atoms with Gasteiger partial charge in [0.25, 0.3) is 0 Å². The van der Waals surface area contributed by atoms with Gasteiger partial charge in [-0.2, -0.15) is 13.2 Å². The Kier molecular flexibility index (Phi) is 4.96. The average Bonchev–Trinajstić information content (AvgIpc) is 2.36. The fourth-order valence-corrected chi connectivity index (χ4v) is 1.55. The Balaban J connectivity index is 2.99. The van der Waals surface area contributed by atoms with Crippen molar-refractivity contribution in [1.29, 1.82) is 0 Å². The number of alkyl halides is 3. The predicted molar refractivity (Wildman–Crippen MR) is 60.7 cm³/mol.